The SMILES string of the molecule is C=C(C)Cn1c(C(=O)NCc2ccco2)cc2sc(Br)cc21. The van der Waals surface area contributed by atoms with Crippen molar-refractivity contribution in [3.8, 4) is 0 Å². The molecule has 6 heteroatoms. The molecule has 0 saturated carbocycles. The minimum Gasteiger partial charge on any atom is -0.467 e. The standard InChI is InChI=1S/C16H15BrN2O2S/c1-10(2)9-19-12-7-15(17)22-14(12)6-13(19)16(20)18-8-11-4-3-5-21-11/h3-7H,1,8-9H2,2H3,(H,18,20). The van der Waals surface area contributed by atoms with Gasteiger partial charge in [-0.25, -0.2) is 0 Å². The van der Waals surface area contributed by atoms with Crippen molar-refractivity contribution in [3.63, 3.8) is 0 Å². The molecule has 1 N–H and O–H groups in total. The zero-order valence-electron chi connectivity index (χ0n) is 12.1. The molecule has 3 rings (SSSR count). The molecule has 0 aromatic carbocycles. The molecule has 0 spiro atoms. The molecule has 3 aromatic rings. The lowest BCUT2D eigenvalue weighted by atomic mass is 10.3. The molecule has 3 heterocycles. The number of amides is 1. The zero-order valence-corrected chi connectivity index (χ0v) is 14.5. The minimum atomic E-state index is -0.114. The van der Waals surface area contributed by atoms with Gasteiger partial charge in [-0.3, -0.25) is 4.79 Å². The van der Waals surface area contributed by atoms with Crippen molar-refractivity contribution in [2.24, 2.45) is 0 Å². The van der Waals surface area contributed by atoms with Crippen molar-refractivity contribution < 1.29 is 9.21 Å². The number of aromatic nitrogens is 1. The summed E-state index contributed by atoms with van der Waals surface area (Å²) in [6, 6.07) is 7.60. The molecule has 0 bridgehead atoms. The highest BCUT2D eigenvalue weighted by Gasteiger charge is 2.17. The highest BCUT2D eigenvalue weighted by molar-refractivity contribution is 9.11. The Morgan fingerprint density at radius 2 is 2.32 bits per heavy atom. The van der Waals surface area contributed by atoms with E-state index in [4.69, 9.17) is 4.42 Å². The molecule has 0 aliphatic rings. The highest BCUT2D eigenvalue weighted by Crippen LogP contribution is 2.32. The Kier molecular flexibility index (Phi) is 4.22. The monoisotopic (exact) mass is 378 g/mol. The summed E-state index contributed by atoms with van der Waals surface area (Å²) in [5, 5.41) is 2.89. The summed E-state index contributed by atoms with van der Waals surface area (Å²) in [5.41, 5.74) is 2.69. The van der Waals surface area contributed by atoms with Gasteiger partial charge in [0.05, 0.1) is 26.8 Å². The van der Waals surface area contributed by atoms with Gasteiger partial charge < -0.3 is 14.3 Å². The Morgan fingerprint density at radius 3 is 3.00 bits per heavy atom. The van der Waals surface area contributed by atoms with E-state index in [1.54, 1.807) is 23.7 Å². The topological polar surface area (TPSA) is 47.2 Å². The van der Waals surface area contributed by atoms with Crippen LogP contribution in [0.4, 0.5) is 0 Å². The van der Waals surface area contributed by atoms with E-state index in [0.29, 0.717) is 18.8 Å². The second kappa shape index (κ2) is 6.14. The van der Waals surface area contributed by atoms with Crippen molar-refractivity contribution in [1.29, 1.82) is 0 Å². The van der Waals surface area contributed by atoms with Crippen LogP contribution in [-0.4, -0.2) is 10.5 Å². The molecule has 0 saturated heterocycles. The first-order valence-electron chi connectivity index (χ1n) is 6.78. The number of carbonyl (C=O) groups excluding carboxylic acids is 1. The Balaban J connectivity index is 1.89. The molecule has 22 heavy (non-hydrogen) atoms. The first kappa shape index (κ1) is 15.1. The van der Waals surface area contributed by atoms with Crippen LogP contribution in [0.3, 0.4) is 0 Å². The molecule has 114 valence electrons. The number of furan rings is 1. The molecule has 0 radical (unpaired) electrons. The lowest BCUT2D eigenvalue weighted by Crippen LogP contribution is -2.25. The lowest BCUT2D eigenvalue weighted by molar-refractivity contribution is 0.0939. The number of carbonyl (C=O) groups is 1. The van der Waals surface area contributed by atoms with E-state index in [1.807, 2.05) is 29.7 Å². The summed E-state index contributed by atoms with van der Waals surface area (Å²) in [7, 11) is 0. The molecular formula is C16H15BrN2O2S. The van der Waals surface area contributed by atoms with Gasteiger partial charge in [-0.05, 0) is 47.1 Å². The lowest BCUT2D eigenvalue weighted by Gasteiger charge is -2.10. The van der Waals surface area contributed by atoms with Crippen LogP contribution in [-0.2, 0) is 13.1 Å². The molecule has 0 fully saturated rings. The third kappa shape index (κ3) is 3.03. The van der Waals surface area contributed by atoms with Gasteiger partial charge >= 0.3 is 0 Å². The van der Waals surface area contributed by atoms with Gasteiger partial charge in [0, 0.05) is 6.54 Å². The maximum absolute atomic E-state index is 12.5. The normalized spacial score (nSPS) is 11.0. The maximum atomic E-state index is 12.5. The van der Waals surface area contributed by atoms with E-state index in [2.05, 4.69) is 27.8 Å². The number of hydrogen-bond acceptors (Lipinski definition) is 3. The van der Waals surface area contributed by atoms with Crippen LogP contribution < -0.4 is 5.32 Å². The van der Waals surface area contributed by atoms with E-state index < -0.39 is 0 Å². The maximum Gasteiger partial charge on any atom is 0.268 e. The van der Waals surface area contributed by atoms with Crippen LogP contribution in [0.1, 0.15) is 23.2 Å². The van der Waals surface area contributed by atoms with Crippen molar-refractivity contribution in [1.82, 2.24) is 9.88 Å². The number of nitrogens with zero attached hydrogens (tertiary/aromatic N) is 1. The second-order valence-corrected chi connectivity index (χ2v) is 7.60. The van der Waals surface area contributed by atoms with Crippen molar-refractivity contribution in [2.75, 3.05) is 0 Å². The summed E-state index contributed by atoms with van der Waals surface area (Å²) in [6.45, 7) is 6.91. The van der Waals surface area contributed by atoms with Gasteiger partial charge in [-0.2, -0.15) is 0 Å². The number of fused-ring (bicyclic) bond motifs is 1. The predicted molar refractivity (Wildman–Crippen MR) is 92.2 cm³/mol. The third-order valence-corrected chi connectivity index (χ3v) is 4.80. The summed E-state index contributed by atoms with van der Waals surface area (Å²) in [5.74, 6) is 0.619. The Hall–Kier alpha value is -1.79. The molecule has 0 atom stereocenters. The minimum absolute atomic E-state index is 0.114. The number of hydrogen-bond donors (Lipinski definition) is 1. The third-order valence-electron chi connectivity index (χ3n) is 3.22. The second-order valence-electron chi connectivity index (χ2n) is 5.13. The molecule has 0 aliphatic heterocycles. The van der Waals surface area contributed by atoms with Gasteiger partial charge in [-0.1, -0.05) is 12.2 Å². The van der Waals surface area contributed by atoms with Gasteiger partial charge in [0.1, 0.15) is 11.5 Å². The van der Waals surface area contributed by atoms with Crippen LogP contribution >= 0.6 is 27.3 Å². The van der Waals surface area contributed by atoms with Crippen molar-refractivity contribution in [2.45, 2.75) is 20.0 Å². The first-order valence-corrected chi connectivity index (χ1v) is 8.39. The molecule has 3 aromatic heterocycles. The van der Waals surface area contributed by atoms with Crippen LogP contribution in [0.25, 0.3) is 10.2 Å². The molecule has 0 aliphatic carbocycles. The summed E-state index contributed by atoms with van der Waals surface area (Å²) < 4.78 is 9.36. The molecular weight excluding hydrogens is 364 g/mol. The van der Waals surface area contributed by atoms with Crippen molar-refractivity contribution >= 4 is 43.4 Å². The fourth-order valence-electron chi connectivity index (χ4n) is 2.31. The smallest absolute Gasteiger partial charge is 0.268 e. The Labute approximate surface area is 140 Å². The van der Waals surface area contributed by atoms with Gasteiger partial charge in [0.2, 0.25) is 0 Å². The number of halogens is 1. The quantitative estimate of drug-likeness (QED) is 0.661. The van der Waals surface area contributed by atoms with Gasteiger partial charge in [0.25, 0.3) is 5.91 Å². The van der Waals surface area contributed by atoms with Crippen LogP contribution in [0, 0.1) is 0 Å². The Bertz CT molecular complexity index is 830. The zero-order chi connectivity index (χ0) is 15.7. The fraction of sp³-hybridized carbons (Fsp3) is 0.188. The van der Waals surface area contributed by atoms with E-state index in [9.17, 15) is 4.79 Å². The average Bonchev–Trinajstić information content (AvgIpc) is 3.14. The number of allylic oxidation sites excluding steroid dienone is 1. The van der Waals surface area contributed by atoms with Crippen LogP contribution in [0.15, 0.2) is 50.9 Å². The predicted octanol–water partition coefficient (Wildman–Crippen LogP) is 4.56. The summed E-state index contributed by atoms with van der Waals surface area (Å²) in [4.78, 5) is 12.5. The van der Waals surface area contributed by atoms with E-state index in [0.717, 1.165) is 25.3 Å². The van der Waals surface area contributed by atoms with Crippen LogP contribution in [0.5, 0.6) is 0 Å². The number of thiophene rings is 1. The highest BCUT2D eigenvalue weighted by atomic mass is 79.9. The van der Waals surface area contributed by atoms with Gasteiger partial charge in [-0.15, -0.1) is 11.3 Å². The fourth-order valence-corrected chi connectivity index (χ4v) is 3.88. The number of rotatable bonds is 5. The summed E-state index contributed by atoms with van der Waals surface area (Å²) >= 11 is 5.11. The van der Waals surface area contributed by atoms with Crippen LogP contribution in [0.2, 0.25) is 0 Å². The largest absolute Gasteiger partial charge is 0.467 e. The van der Waals surface area contributed by atoms with Gasteiger partial charge in [0.15, 0.2) is 0 Å². The van der Waals surface area contributed by atoms with E-state index in [-0.39, 0.29) is 5.91 Å². The van der Waals surface area contributed by atoms with E-state index >= 15 is 0 Å². The first-order chi connectivity index (χ1) is 10.5. The average molecular weight is 379 g/mol. The van der Waals surface area contributed by atoms with E-state index in [1.165, 1.54) is 0 Å². The van der Waals surface area contributed by atoms with Crippen molar-refractivity contribution in [3.05, 3.63) is 57.9 Å². The number of nitrogens with one attached hydrogen (secondary N) is 1. The molecule has 4 nitrogen and oxygen atoms in total. The molecule has 1 amide bonds. The summed E-state index contributed by atoms with van der Waals surface area (Å²) in [6.07, 6.45) is 1.60. The molecule has 0 unspecified atom stereocenters. The Morgan fingerprint density at radius 1 is 1.50 bits per heavy atom.